The van der Waals surface area contributed by atoms with Gasteiger partial charge in [0.2, 0.25) is 0 Å². The Morgan fingerprint density at radius 2 is 1.69 bits per heavy atom. The van der Waals surface area contributed by atoms with Gasteiger partial charge >= 0.3 is 0 Å². The number of carbonyl (C=O) groups is 1. The van der Waals surface area contributed by atoms with Crippen LogP contribution in [-0.4, -0.2) is 22.5 Å². The normalized spacial score (nSPS) is 15.9. The second-order valence-corrected chi connectivity index (χ2v) is 10.0. The highest BCUT2D eigenvalue weighted by Gasteiger charge is 2.32. The van der Waals surface area contributed by atoms with E-state index >= 15 is 0 Å². The van der Waals surface area contributed by atoms with E-state index in [2.05, 4.69) is 4.99 Å². The van der Waals surface area contributed by atoms with Crippen molar-refractivity contribution in [1.29, 1.82) is 0 Å². The van der Waals surface area contributed by atoms with Gasteiger partial charge in [0.15, 0.2) is 10.9 Å². The minimum atomic E-state index is -0.352. The van der Waals surface area contributed by atoms with Crippen molar-refractivity contribution in [1.82, 2.24) is 4.90 Å². The van der Waals surface area contributed by atoms with Gasteiger partial charge in [-0.15, -0.1) is 0 Å². The first-order chi connectivity index (χ1) is 16.7. The van der Waals surface area contributed by atoms with Gasteiger partial charge < -0.3 is 4.74 Å². The van der Waals surface area contributed by atoms with Gasteiger partial charge in [0.25, 0.3) is 5.91 Å². The van der Waals surface area contributed by atoms with Crippen molar-refractivity contribution in [3.05, 3.63) is 96.5 Å². The van der Waals surface area contributed by atoms with Crippen LogP contribution in [-0.2, 0) is 11.4 Å². The van der Waals surface area contributed by atoms with Gasteiger partial charge in [-0.05, 0) is 78.9 Å². The van der Waals surface area contributed by atoms with Gasteiger partial charge in [0.1, 0.15) is 12.4 Å². The molecule has 1 heterocycles. The highest BCUT2D eigenvalue weighted by molar-refractivity contribution is 8.18. The molecule has 35 heavy (non-hydrogen) atoms. The quantitative estimate of drug-likeness (QED) is 0.279. The van der Waals surface area contributed by atoms with Gasteiger partial charge in [-0.1, -0.05) is 52.5 Å². The molecule has 1 amide bonds. The molecular formula is C25H17Cl4FN2O2S. The van der Waals surface area contributed by atoms with Crippen LogP contribution >= 0.6 is 58.2 Å². The van der Waals surface area contributed by atoms with Crippen LogP contribution in [0.25, 0.3) is 6.08 Å². The molecule has 0 spiro atoms. The van der Waals surface area contributed by atoms with E-state index in [-0.39, 0.29) is 28.4 Å². The molecule has 3 aromatic rings. The number of ether oxygens (including phenoxy) is 1. The molecule has 0 aliphatic carbocycles. The summed E-state index contributed by atoms with van der Waals surface area (Å²) in [5, 5.41) is 2.09. The number of carbonyl (C=O) groups excluding carboxylic acids is 1. The van der Waals surface area contributed by atoms with Crippen LogP contribution in [0.15, 0.2) is 64.5 Å². The van der Waals surface area contributed by atoms with Crippen molar-refractivity contribution < 1.29 is 13.9 Å². The number of benzene rings is 3. The molecule has 4 rings (SSSR count). The summed E-state index contributed by atoms with van der Waals surface area (Å²) < 4.78 is 19.0. The predicted molar refractivity (Wildman–Crippen MR) is 144 cm³/mol. The molecule has 0 atom stereocenters. The molecule has 0 aromatic heterocycles. The third-order valence-corrected chi connectivity index (χ3v) is 7.12. The number of thioether (sulfide) groups is 1. The van der Waals surface area contributed by atoms with Crippen LogP contribution in [0.3, 0.4) is 0 Å². The Hall–Kier alpha value is -2.22. The van der Waals surface area contributed by atoms with Crippen LogP contribution < -0.4 is 4.74 Å². The van der Waals surface area contributed by atoms with E-state index in [1.807, 2.05) is 6.92 Å². The van der Waals surface area contributed by atoms with E-state index in [0.717, 1.165) is 5.56 Å². The van der Waals surface area contributed by atoms with Crippen LogP contribution in [0.4, 0.5) is 10.1 Å². The Morgan fingerprint density at radius 3 is 2.31 bits per heavy atom. The fraction of sp³-hybridized carbons (Fsp3) is 0.120. The Bertz CT molecular complexity index is 1320. The second kappa shape index (κ2) is 11.2. The second-order valence-electron chi connectivity index (χ2n) is 7.37. The molecule has 4 nitrogen and oxygen atoms in total. The van der Waals surface area contributed by atoms with Crippen LogP contribution in [0.2, 0.25) is 20.1 Å². The molecule has 3 aromatic carbocycles. The van der Waals surface area contributed by atoms with Crippen molar-refractivity contribution in [3.8, 4) is 5.75 Å². The zero-order chi connectivity index (χ0) is 25.1. The van der Waals surface area contributed by atoms with Crippen molar-refractivity contribution in [2.45, 2.75) is 13.5 Å². The summed E-state index contributed by atoms with van der Waals surface area (Å²) in [6.07, 6.45) is 1.69. The third kappa shape index (κ3) is 6.13. The lowest BCUT2D eigenvalue weighted by Crippen LogP contribution is -2.28. The number of aliphatic imine (C=N–C) groups is 1. The Labute approximate surface area is 226 Å². The highest BCUT2D eigenvalue weighted by atomic mass is 35.5. The minimum Gasteiger partial charge on any atom is -0.486 e. The summed E-state index contributed by atoms with van der Waals surface area (Å²) in [5.74, 6) is -0.238. The van der Waals surface area contributed by atoms with Gasteiger partial charge in [0.05, 0.1) is 20.6 Å². The van der Waals surface area contributed by atoms with E-state index in [0.29, 0.717) is 43.7 Å². The first-order valence-corrected chi connectivity index (χ1v) is 12.7. The molecule has 0 N–H and O–H groups in total. The monoisotopic (exact) mass is 568 g/mol. The maximum Gasteiger partial charge on any atom is 0.266 e. The number of amides is 1. The molecule has 0 saturated carbocycles. The predicted octanol–water partition coefficient (Wildman–Crippen LogP) is 8.64. The zero-order valence-electron chi connectivity index (χ0n) is 18.2. The highest BCUT2D eigenvalue weighted by Crippen LogP contribution is 2.38. The SMILES string of the molecule is CCN1C(=O)/C(=C\c2cc(Cl)c(OCc3ccc(Cl)cc3Cl)c(Cl)c2)SC1=Nc1ccc(F)cc1. The van der Waals surface area contributed by atoms with Crippen molar-refractivity contribution in [3.63, 3.8) is 0 Å². The maximum atomic E-state index is 13.2. The number of rotatable bonds is 6. The number of amidine groups is 1. The summed E-state index contributed by atoms with van der Waals surface area (Å²) in [4.78, 5) is 19.4. The molecule has 1 saturated heterocycles. The fourth-order valence-electron chi connectivity index (χ4n) is 3.24. The average molecular weight is 570 g/mol. The van der Waals surface area contributed by atoms with Gasteiger partial charge in [-0.2, -0.15) is 0 Å². The van der Waals surface area contributed by atoms with Gasteiger partial charge in [-0.3, -0.25) is 9.69 Å². The van der Waals surface area contributed by atoms with E-state index < -0.39 is 0 Å². The standard InChI is InChI=1S/C25H17Cl4FN2O2S/c1-2-32-24(33)22(35-25(32)31-18-7-5-17(30)6-8-18)11-14-9-20(28)23(21(29)10-14)34-13-15-3-4-16(26)12-19(15)27/h3-12H,2,13H2,1H3/b22-11+,31-25?. The van der Waals surface area contributed by atoms with E-state index in [4.69, 9.17) is 51.1 Å². The summed E-state index contributed by atoms with van der Waals surface area (Å²) in [5.41, 5.74) is 1.91. The molecular weight excluding hydrogens is 553 g/mol. The number of halogens is 5. The summed E-state index contributed by atoms with van der Waals surface area (Å²) >= 11 is 26.2. The number of hydrogen-bond acceptors (Lipinski definition) is 4. The molecule has 180 valence electrons. The maximum absolute atomic E-state index is 13.2. The lowest BCUT2D eigenvalue weighted by Gasteiger charge is -2.12. The topological polar surface area (TPSA) is 41.9 Å². The Kier molecular flexibility index (Phi) is 8.30. The van der Waals surface area contributed by atoms with Crippen LogP contribution in [0.1, 0.15) is 18.1 Å². The Morgan fingerprint density at radius 1 is 1.00 bits per heavy atom. The molecule has 0 bridgehead atoms. The van der Waals surface area contributed by atoms with Gasteiger partial charge in [-0.25, -0.2) is 9.38 Å². The van der Waals surface area contributed by atoms with Crippen LogP contribution in [0.5, 0.6) is 5.75 Å². The molecule has 10 heteroatoms. The van der Waals surface area contributed by atoms with Crippen LogP contribution in [0, 0.1) is 5.82 Å². The molecule has 1 aliphatic heterocycles. The Balaban J connectivity index is 1.55. The van der Waals surface area contributed by atoms with E-state index in [1.165, 1.54) is 23.9 Å². The zero-order valence-corrected chi connectivity index (χ0v) is 22.0. The molecule has 1 aliphatic rings. The average Bonchev–Trinajstić information content (AvgIpc) is 3.09. The van der Waals surface area contributed by atoms with Crippen molar-refractivity contribution >= 4 is 81.0 Å². The lowest BCUT2D eigenvalue weighted by molar-refractivity contribution is -0.122. The first-order valence-electron chi connectivity index (χ1n) is 10.4. The lowest BCUT2D eigenvalue weighted by atomic mass is 10.2. The number of nitrogens with zero attached hydrogens (tertiary/aromatic N) is 2. The number of likely N-dealkylation sites (N-methyl/N-ethyl adjacent to an activating group) is 1. The summed E-state index contributed by atoms with van der Waals surface area (Å²) in [6.45, 7) is 2.44. The largest absolute Gasteiger partial charge is 0.486 e. The van der Waals surface area contributed by atoms with E-state index in [1.54, 1.807) is 53.4 Å². The minimum absolute atomic E-state index is 0.152. The molecule has 0 unspecified atom stereocenters. The van der Waals surface area contributed by atoms with Crippen molar-refractivity contribution in [2.24, 2.45) is 4.99 Å². The fourth-order valence-corrected chi connectivity index (χ4v) is 5.38. The van der Waals surface area contributed by atoms with Gasteiger partial charge in [0, 0.05) is 22.2 Å². The smallest absolute Gasteiger partial charge is 0.266 e. The summed E-state index contributed by atoms with van der Waals surface area (Å²) in [6, 6.07) is 14.2. The van der Waals surface area contributed by atoms with Crippen molar-refractivity contribution in [2.75, 3.05) is 6.54 Å². The van der Waals surface area contributed by atoms with E-state index in [9.17, 15) is 9.18 Å². The molecule has 1 fully saturated rings. The summed E-state index contributed by atoms with van der Waals surface area (Å²) in [7, 11) is 0. The third-order valence-electron chi connectivity index (χ3n) is 4.96. The number of hydrogen-bond donors (Lipinski definition) is 0. The molecule has 0 radical (unpaired) electrons. The first kappa shape index (κ1) is 25.9.